The third-order valence-corrected chi connectivity index (χ3v) is 27.1. The lowest BCUT2D eigenvalue weighted by Crippen LogP contribution is -2.55. The fourth-order valence-corrected chi connectivity index (χ4v) is 24.0. The third-order valence-electron chi connectivity index (χ3n) is 27.1. The molecule has 70 heavy (non-hydrogen) atoms. The average molecular weight is 960 g/mol. The van der Waals surface area contributed by atoms with Gasteiger partial charge in [0.05, 0.1) is 0 Å². The van der Waals surface area contributed by atoms with Crippen LogP contribution < -0.4 is 0 Å². The van der Waals surface area contributed by atoms with Crippen molar-refractivity contribution in [1.82, 2.24) is 20.0 Å². The van der Waals surface area contributed by atoms with E-state index in [-0.39, 0.29) is 0 Å². The average Bonchev–Trinajstić information content (AvgIpc) is 4.10. The smallest absolute Gasteiger partial charge is 0.219 e. The van der Waals surface area contributed by atoms with Crippen LogP contribution in [0.15, 0.2) is 4.42 Å². The Morgan fingerprint density at radius 3 is 0.957 bits per heavy atom. The van der Waals surface area contributed by atoms with Gasteiger partial charge in [-0.05, 0) is 248 Å². The van der Waals surface area contributed by atoms with E-state index in [1.807, 2.05) is 0 Å². The van der Waals surface area contributed by atoms with E-state index in [9.17, 15) is 0 Å². The topological polar surface area (TPSA) is 45.4 Å². The second-order valence-electron chi connectivity index (χ2n) is 30.5. The zero-order valence-electron chi connectivity index (χ0n) is 46.3. The highest BCUT2D eigenvalue weighted by atomic mass is 16.4. The molecule has 0 bridgehead atoms. The van der Waals surface area contributed by atoms with E-state index in [2.05, 4.69) is 51.3 Å². The van der Waals surface area contributed by atoms with Gasteiger partial charge in [-0.3, -0.25) is 9.80 Å². The van der Waals surface area contributed by atoms with Crippen molar-refractivity contribution in [2.75, 3.05) is 0 Å². The summed E-state index contributed by atoms with van der Waals surface area (Å²) in [7, 11) is 0. The number of rotatable bonds is 8. The molecule has 1 aromatic heterocycles. The van der Waals surface area contributed by atoms with E-state index >= 15 is 0 Å². The van der Waals surface area contributed by atoms with Gasteiger partial charge in [-0.25, -0.2) is 0 Å². The van der Waals surface area contributed by atoms with Crippen molar-refractivity contribution in [2.45, 2.75) is 308 Å². The van der Waals surface area contributed by atoms with Gasteiger partial charge in [-0.15, -0.1) is 10.2 Å². The molecule has 0 aromatic carbocycles. The first-order valence-corrected chi connectivity index (χ1v) is 32.3. The first-order valence-electron chi connectivity index (χ1n) is 32.3. The number of nitrogens with zero attached hydrogens (tertiary/aromatic N) is 4. The molecule has 0 spiro atoms. The molecule has 1 heterocycles. The summed E-state index contributed by atoms with van der Waals surface area (Å²) in [5, 5.41) is 9.94. The van der Waals surface area contributed by atoms with Crippen molar-refractivity contribution in [2.24, 2.45) is 87.3 Å². The lowest BCUT2D eigenvalue weighted by Gasteiger charge is -2.53. The summed E-state index contributed by atoms with van der Waals surface area (Å²) in [6.45, 7) is 16.4. The molecule has 0 radical (unpaired) electrons. The zero-order chi connectivity index (χ0) is 47.5. The summed E-state index contributed by atoms with van der Waals surface area (Å²) in [5.74, 6) is 14.8. The van der Waals surface area contributed by atoms with Gasteiger partial charge >= 0.3 is 0 Å². The molecule has 1 aromatic rings. The fraction of sp³-hybridized carbons (Fsp3) is 0.969. The van der Waals surface area contributed by atoms with E-state index in [0.29, 0.717) is 28.1 Å². The Hall–Kier alpha value is -0.940. The van der Waals surface area contributed by atoms with Crippen molar-refractivity contribution < 1.29 is 4.42 Å². The monoisotopic (exact) mass is 959 g/mol. The maximum Gasteiger partial charge on any atom is 0.219 e. The van der Waals surface area contributed by atoms with Gasteiger partial charge in [0.1, 0.15) is 0 Å². The highest BCUT2D eigenvalue weighted by molar-refractivity contribution is 5.12. The zero-order valence-corrected chi connectivity index (χ0v) is 46.3. The van der Waals surface area contributed by atoms with Crippen molar-refractivity contribution in [1.29, 1.82) is 0 Å². The molecule has 0 N–H and O–H groups in total. The van der Waals surface area contributed by atoms with Crippen LogP contribution in [0.2, 0.25) is 0 Å². The first kappa shape index (κ1) is 48.7. The molecule has 12 aliphatic rings. The van der Waals surface area contributed by atoms with Crippen molar-refractivity contribution in [3.63, 3.8) is 0 Å². The lowest BCUT2D eigenvalue weighted by atomic mass is 9.65. The SMILES string of the molecule is CC1(C)C2CCCCC2C2CCC(N(C3CCCCC3)C3CCC(c4nnc(C5CCC(N(C6CCC7C8CCCCC8C(C)(C)C7C6)C6CCC7C8CCCCC8C(C)(C)C7C6)CC5)o4)CC3)CC21. The maximum absolute atomic E-state index is 6.92. The first-order chi connectivity index (χ1) is 34.0. The van der Waals surface area contributed by atoms with Crippen LogP contribution in [0.4, 0.5) is 0 Å². The predicted molar refractivity (Wildman–Crippen MR) is 286 cm³/mol. The quantitative estimate of drug-likeness (QED) is 0.260. The molecule has 5 heteroatoms. The van der Waals surface area contributed by atoms with Crippen LogP contribution in [0.1, 0.15) is 283 Å². The van der Waals surface area contributed by atoms with Crippen LogP contribution >= 0.6 is 0 Å². The largest absolute Gasteiger partial charge is 0.425 e. The van der Waals surface area contributed by atoms with Crippen LogP contribution in [-0.4, -0.2) is 56.2 Å². The second-order valence-corrected chi connectivity index (χ2v) is 30.5. The lowest BCUT2D eigenvalue weighted by molar-refractivity contribution is -0.0345. The number of hydrogen-bond acceptors (Lipinski definition) is 5. The Kier molecular flexibility index (Phi) is 13.4. The molecule has 5 nitrogen and oxygen atoms in total. The van der Waals surface area contributed by atoms with E-state index in [1.165, 1.54) is 218 Å². The fourth-order valence-electron chi connectivity index (χ4n) is 24.0. The van der Waals surface area contributed by atoms with Gasteiger partial charge in [-0.2, -0.15) is 0 Å². The van der Waals surface area contributed by atoms with Crippen molar-refractivity contribution >= 4 is 0 Å². The highest BCUT2D eigenvalue weighted by Crippen LogP contribution is 2.67. The third kappa shape index (κ3) is 8.27. The van der Waals surface area contributed by atoms with Gasteiger partial charge < -0.3 is 4.42 Å². The van der Waals surface area contributed by atoms with Gasteiger partial charge in [0.25, 0.3) is 0 Å². The Bertz CT molecular complexity index is 1870. The normalized spacial score (nSPS) is 47.7. The molecule has 0 amide bonds. The molecule has 0 aliphatic heterocycles. The Balaban J connectivity index is 0.677. The molecule has 392 valence electrons. The Morgan fingerprint density at radius 1 is 0.300 bits per heavy atom. The van der Waals surface area contributed by atoms with Gasteiger partial charge in [0, 0.05) is 48.1 Å². The molecule has 15 unspecified atom stereocenters. The van der Waals surface area contributed by atoms with Crippen LogP contribution in [-0.2, 0) is 0 Å². The molecule has 15 atom stereocenters. The standard InChI is InChI=1S/C65H106N4O/c1-63(2)55-21-13-10-18-49(55)52-35-32-46(38-58(52)63)68(43-16-8-7-9-17-43)44-28-24-41(25-29-44)61-66-67-62(70-61)42-26-30-45(31-27-42)69(47-33-36-53-50-19-11-14-22-56(50)64(3,4)59(53)39-47)48-34-37-54-51-20-12-15-23-57(51)65(5,6)60(54)40-48/h41-60H,7-40H2,1-6H3. The minimum Gasteiger partial charge on any atom is -0.425 e. The minimum atomic E-state index is 0.455. The second kappa shape index (κ2) is 19.3. The van der Waals surface area contributed by atoms with Crippen LogP contribution in [0.5, 0.6) is 0 Å². The van der Waals surface area contributed by atoms with Gasteiger partial charge in [0.2, 0.25) is 11.8 Å². The minimum absolute atomic E-state index is 0.455. The molecule has 12 saturated carbocycles. The van der Waals surface area contributed by atoms with E-state index in [1.54, 1.807) is 0 Å². The molecule has 12 aliphatic carbocycles. The Morgan fingerprint density at radius 2 is 0.586 bits per heavy atom. The summed E-state index contributed by atoms with van der Waals surface area (Å²) in [6, 6.07) is 4.72. The predicted octanol–water partition coefficient (Wildman–Crippen LogP) is 17.0. The van der Waals surface area contributed by atoms with Crippen LogP contribution in [0.3, 0.4) is 0 Å². The van der Waals surface area contributed by atoms with Gasteiger partial charge in [-0.1, -0.05) is 99.3 Å². The maximum atomic E-state index is 6.92. The number of fused-ring (bicyclic) bond motifs is 9. The number of aromatic nitrogens is 2. The van der Waals surface area contributed by atoms with Crippen LogP contribution in [0.25, 0.3) is 0 Å². The molecule has 0 saturated heterocycles. The summed E-state index contributed by atoms with van der Waals surface area (Å²) in [4.78, 5) is 6.59. The number of hydrogen-bond donors (Lipinski definition) is 0. The van der Waals surface area contributed by atoms with Crippen molar-refractivity contribution in [3.05, 3.63) is 11.8 Å². The molecule has 12 fully saturated rings. The molecular formula is C65H106N4O. The summed E-state index contributed by atoms with van der Waals surface area (Å²) >= 11 is 0. The highest BCUT2D eigenvalue weighted by Gasteiger charge is 2.61. The summed E-state index contributed by atoms with van der Waals surface area (Å²) in [6.07, 6.45) is 49.2. The van der Waals surface area contributed by atoms with Crippen molar-refractivity contribution in [3.8, 4) is 0 Å². The van der Waals surface area contributed by atoms with E-state index in [4.69, 9.17) is 14.6 Å². The van der Waals surface area contributed by atoms with Gasteiger partial charge in [0.15, 0.2) is 0 Å². The van der Waals surface area contributed by atoms with E-state index in [0.717, 1.165) is 119 Å². The Labute approximate surface area is 429 Å². The molecule has 13 rings (SSSR count). The summed E-state index contributed by atoms with van der Waals surface area (Å²) < 4.78 is 6.92. The van der Waals surface area contributed by atoms with Crippen LogP contribution in [0, 0.1) is 87.3 Å². The summed E-state index contributed by atoms with van der Waals surface area (Å²) in [5.41, 5.74) is 1.58. The van der Waals surface area contributed by atoms with E-state index < -0.39 is 0 Å². The molecular weight excluding hydrogens is 853 g/mol.